The van der Waals surface area contributed by atoms with Gasteiger partial charge in [-0.2, -0.15) is 0 Å². The van der Waals surface area contributed by atoms with Crippen molar-refractivity contribution in [2.75, 3.05) is 12.9 Å². The highest BCUT2D eigenvalue weighted by Gasteiger charge is 2.17. The Morgan fingerprint density at radius 2 is 1.80 bits per heavy atom. The molecule has 2 aromatic heterocycles. The van der Waals surface area contributed by atoms with E-state index in [1.807, 2.05) is 77.4 Å². The van der Waals surface area contributed by atoms with Crippen LogP contribution in [0.5, 0.6) is 5.75 Å². The fourth-order valence-electron chi connectivity index (χ4n) is 3.75. The first-order valence-corrected chi connectivity index (χ1v) is 12.1. The zero-order valence-corrected chi connectivity index (χ0v) is 19.9. The Balaban J connectivity index is 1.28. The Hall–Kier alpha value is -4.17. The Kier molecular flexibility index (Phi) is 6.72. The number of nitrogens with one attached hydrogen (secondary N) is 1. The third-order valence-electron chi connectivity index (χ3n) is 5.50. The Labute approximate surface area is 207 Å². The lowest BCUT2D eigenvalue weighted by molar-refractivity contribution is -0.118. The van der Waals surface area contributed by atoms with E-state index in [1.54, 1.807) is 19.5 Å². The van der Waals surface area contributed by atoms with Crippen molar-refractivity contribution in [3.8, 4) is 22.8 Å². The Bertz CT molecular complexity index is 1450. The van der Waals surface area contributed by atoms with Gasteiger partial charge in [-0.05, 0) is 58.8 Å². The number of rotatable bonds is 8. The summed E-state index contributed by atoms with van der Waals surface area (Å²) in [6.07, 6.45) is 3.48. The van der Waals surface area contributed by atoms with E-state index in [0.717, 1.165) is 33.3 Å². The minimum absolute atomic E-state index is 0.0737. The highest BCUT2D eigenvalue weighted by Crippen LogP contribution is 2.27. The second-order valence-corrected chi connectivity index (χ2v) is 8.77. The van der Waals surface area contributed by atoms with Gasteiger partial charge in [-0.1, -0.05) is 48.2 Å². The fourth-order valence-corrected chi connectivity index (χ4v) is 4.53. The smallest absolute Gasteiger partial charge is 0.230 e. The molecule has 0 aliphatic heterocycles. The number of carbonyl (C=O) groups excluding carboxylic acids is 1. The van der Waals surface area contributed by atoms with Gasteiger partial charge in [-0.15, -0.1) is 10.2 Å². The molecule has 8 heteroatoms. The van der Waals surface area contributed by atoms with Crippen molar-refractivity contribution in [3.05, 3.63) is 96.8 Å². The molecular formula is C27H23N5O2S. The first-order valence-electron chi connectivity index (χ1n) is 11.1. The number of carbonyl (C=O) groups is 1. The Morgan fingerprint density at radius 3 is 2.60 bits per heavy atom. The average molecular weight is 482 g/mol. The van der Waals surface area contributed by atoms with E-state index in [2.05, 4.69) is 26.6 Å². The topological polar surface area (TPSA) is 81.9 Å². The fraction of sp³-hybridized carbons (Fsp3) is 0.111. The van der Waals surface area contributed by atoms with Crippen LogP contribution in [-0.4, -0.2) is 38.5 Å². The molecule has 35 heavy (non-hydrogen) atoms. The molecule has 0 saturated carbocycles. The van der Waals surface area contributed by atoms with Gasteiger partial charge in [0.2, 0.25) is 5.91 Å². The summed E-state index contributed by atoms with van der Waals surface area (Å²) in [4.78, 5) is 16.8. The predicted molar refractivity (Wildman–Crippen MR) is 138 cm³/mol. The molecular weight excluding hydrogens is 458 g/mol. The highest BCUT2D eigenvalue weighted by molar-refractivity contribution is 7.99. The molecule has 0 aliphatic carbocycles. The van der Waals surface area contributed by atoms with Crippen molar-refractivity contribution in [1.29, 1.82) is 0 Å². The number of methoxy groups -OCH3 is 1. The number of benzene rings is 3. The summed E-state index contributed by atoms with van der Waals surface area (Å²) < 4.78 is 7.24. The molecule has 174 valence electrons. The molecule has 0 spiro atoms. The van der Waals surface area contributed by atoms with Crippen molar-refractivity contribution in [2.45, 2.75) is 11.7 Å². The van der Waals surface area contributed by atoms with Crippen LogP contribution in [0, 0.1) is 0 Å². The molecule has 0 aliphatic rings. The Morgan fingerprint density at radius 1 is 0.971 bits per heavy atom. The van der Waals surface area contributed by atoms with Crippen LogP contribution in [0.15, 0.2) is 96.4 Å². The standard InChI is InChI=1S/C27H23N5O2S/c1-34-24-12-11-20-14-19(9-10-21(20)15-24)16-29-25(33)18-35-27-31-30-26(22-6-5-13-28-17-22)32(27)23-7-3-2-4-8-23/h2-15,17H,16,18H2,1H3,(H,29,33). The van der Waals surface area contributed by atoms with Crippen molar-refractivity contribution < 1.29 is 9.53 Å². The van der Waals surface area contributed by atoms with Gasteiger partial charge in [0, 0.05) is 30.2 Å². The van der Waals surface area contributed by atoms with Gasteiger partial charge in [0.05, 0.1) is 12.9 Å². The van der Waals surface area contributed by atoms with Gasteiger partial charge in [-0.3, -0.25) is 14.3 Å². The monoisotopic (exact) mass is 481 g/mol. The van der Waals surface area contributed by atoms with Crippen LogP contribution in [0.2, 0.25) is 0 Å². The van der Waals surface area contributed by atoms with Crippen molar-refractivity contribution >= 4 is 28.4 Å². The highest BCUT2D eigenvalue weighted by atomic mass is 32.2. The number of ether oxygens (including phenoxy) is 1. The predicted octanol–water partition coefficient (Wildman–Crippen LogP) is 4.90. The zero-order chi connectivity index (χ0) is 24.0. The van der Waals surface area contributed by atoms with Crippen LogP contribution in [0.1, 0.15) is 5.56 Å². The molecule has 5 rings (SSSR count). The summed E-state index contributed by atoms with van der Waals surface area (Å²) in [5, 5.41) is 14.6. The summed E-state index contributed by atoms with van der Waals surface area (Å²) in [5.74, 6) is 1.66. The van der Waals surface area contributed by atoms with Crippen LogP contribution in [-0.2, 0) is 11.3 Å². The van der Waals surface area contributed by atoms with Gasteiger partial charge in [0.15, 0.2) is 11.0 Å². The third-order valence-corrected chi connectivity index (χ3v) is 6.43. The molecule has 0 saturated heterocycles. The number of para-hydroxylation sites is 1. The first-order chi connectivity index (χ1) is 17.2. The lowest BCUT2D eigenvalue weighted by Gasteiger charge is -2.10. The van der Waals surface area contributed by atoms with E-state index >= 15 is 0 Å². The van der Waals surface area contributed by atoms with Gasteiger partial charge in [0.1, 0.15) is 5.75 Å². The lowest BCUT2D eigenvalue weighted by Crippen LogP contribution is -2.24. The molecule has 7 nitrogen and oxygen atoms in total. The maximum absolute atomic E-state index is 12.6. The number of fused-ring (bicyclic) bond motifs is 1. The molecule has 0 atom stereocenters. The number of amides is 1. The molecule has 0 bridgehead atoms. The summed E-state index contributed by atoms with van der Waals surface area (Å²) >= 11 is 1.35. The quantitative estimate of drug-likeness (QED) is 0.318. The van der Waals surface area contributed by atoms with Gasteiger partial charge in [-0.25, -0.2) is 0 Å². The number of pyridine rings is 1. The first kappa shape index (κ1) is 22.6. The minimum Gasteiger partial charge on any atom is -0.497 e. The molecule has 3 aromatic carbocycles. The number of nitrogens with zero attached hydrogens (tertiary/aromatic N) is 4. The van der Waals surface area contributed by atoms with Gasteiger partial charge in [0.25, 0.3) is 0 Å². The van der Waals surface area contributed by atoms with E-state index in [-0.39, 0.29) is 11.7 Å². The zero-order valence-electron chi connectivity index (χ0n) is 19.1. The van der Waals surface area contributed by atoms with Gasteiger partial charge >= 0.3 is 0 Å². The molecule has 0 radical (unpaired) electrons. The molecule has 0 unspecified atom stereocenters. The van der Waals surface area contributed by atoms with E-state index in [9.17, 15) is 4.79 Å². The van der Waals surface area contributed by atoms with Gasteiger partial charge < -0.3 is 10.1 Å². The van der Waals surface area contributed by atoms with Crippen LogP contribution < -0.4 is 10.1 Å². The van der Waals surface area contributed by atoms with E-state index in [0.29, 0.717) is 17.5 Å². The molecule has 5 aromatic rings. The molecule has 1 N–H and O–H groups in total. The summed E-state index contributed by atoms with van der Waals surface area (Å²) in [7, 11) is 1.66. The van der Waals surface area contributed by atoms with Crippen LogP contribution in [0.25, 0.3) is 27.8 Å². The van der Waals surface area contributed by atoms with Crippen molar-refractivity contribution in [3.63, 3.8) is 0 Å². The summed E-state index contributed by atoms with van der Waals surface area (Å²) in [5.41, 5.74) is 2.81. The van der Waals surface area contributed by atoms with E-state index < -0.39 is 0 Å². The number of aromatic nitrogens is 4. The normalized spacial score (nSPS) is 10.9. The molecule has 2 heterocycles. The SMILES string of the molecule is COc1ccc2cc(CNC(=O)CSc3nnc(-c4cccnc4)n3-c3ccccc3)ccc2c1. The second kappa shape index (κ2) is 10.4. The minimum atomic E-state index is -0.0737. The lowest BCUT2D eigenvalue weighted by atomic mass is 10.1. The maximum Gasteiger partial charge on any atom is 0.230 e. The van der Waals surface area contributed by atoms with E-state index in [4.69, 9.17) is 4.74 Å². The summed E-state index contributed by atoms with van der Waals surface area (Å²) in [6.45, 7) is 0.452. The van der Waals surface area contributed by atoms with Crippen molar-refractivity contribution in [1.82, 2.24) is 25.1 Å². The van der Waals surface area contributed by atoms with Crippen LogP contribution >= 0.6 is 11.8 Å². The number of thioether (sulfide) groups is 1. The third kappa shape index (κ3) is 5.17. The number of hydrogen-bond donors (Lipinski definition) is 1. The second-order valence-electron chi connectivity index (χ2n) is 7.83. The molecule has 1 amide bonds. The average Bonchev–Trinajstić information content (AvgIpc) is 3.35. The largest absolute Gasteiger partial charge is 0.497 e. The van der Waals surface area contributed by atoms with Crippen molar-refractivity contribution in [2.24, 2.45) is 0 Å². The van der Waals surface area contributed by atoms with Crippen LogP contribution in [0.3, 0.4) is 0 Å². The number of hydrogen-bond acceptors (Lipinski definition) is 6. The van der Waals surface area contributed by atoms with Crippen LogP contribution in [0.4, 0.5) is 0 Å². The summed E-state index contributed by atoms with van der Waals surface area (Å²) in [6, 6.07) is 25.7. The van der Waals surface area contributed by atoms with E-state index in [1.165, 1.54) is 11.8 Å². The maximum atomic E-state index is 12.6. The molecule has 0 fully saturated rings.